The lowest BCUT2D eigenvalue weighted by molar-refractivity contribution is 0.566. The molecule has 5 nitrogen and oxygen atoms in total. The molecule has 88 valence electrons. The van der Waals surface area contributed by atoms with Crippen molar-refractivity contribution in [2.75, 3.05) is 31.1 Å². The minimum Gasteiger partial charge on any atom is -0.340 e. The van der Waals surface area contributed by atoms with Crippen LogP contribution in [0, 0.1) is 0 Å². The molecule has 1 saturated heterocycles. The van der Waals surface area contributed by atoms with Crippen molar-refractivity contribution < 1.29 is 0 Å². The van der Waals surface area contributed by atoms with E-state index in [-0.39, 0.29) is 5.56 Å². The molecule has 0 aliphatic carbocycles. The Morgan fingerprint density at radius 3 is 2.75 bits per heavy atom. The van der Waals surface area contributed by atoms with Crippen LogP contribution in [0.15, 0.2) is 10.9 Å². The maximum atomic E-state index is 11.7. The topological polar surface area (TPSA) is 50.2 Å². The van der Waals surface area contributed by atoms with Crippen LogP contribution in [0.25, 0.3) is 0 Å². The molecule has 5 heteroatoms. The minimum absolute atomic E-state index is 0.0281. The predicted molar refractivity (Wildman–Crippen MR) is 63.9 cm³/mol. The molecule has 0 atom stereocenters. The summed E-state index contributed by atoms with van der Waals surface area (Å²) in [5.74, 6) is 0.797. The van der Waals surface area contributed by atoms with Crippen molar-refractivity contribution >= 4 is 5.95 Å². The largest absolute Gasteiger partial charge is 0.340 e. The van der Waals surface area contributed by atoms with Gasteiger partial charge < -0.3 is 10.2 Å². The van der Waals surface area contributed by atoms with Crippen LogP contribution in [0.5, 0.6) is 0 Å². The van der Waals surface area contributed by atoms with Gasteiger partial charge in [-0.05, 0) is 6.42 Å². The Hall–Kier alpha value is -1.36. The Kier molecular flexibility index (Phi) is 3.24. The SMILES string of the molecule is CCc1cc(=O)n(C)c(N2CCNCC2)n1. The van der Waals surface area contributed by atoms with Crippen LogP contribution in [0.2, 0.25) is 0 Å². The van der Waals surface area contributed by atoms with E-state index < -0.39 is 0 Å². The summed E-state index contributed by atoms with van der Waals surface area (Å²) in [6, 6.07) is 1.62. The van der Waals surface area contributed by atoms with Gasteiger partial charge in [0.15, 0.2) is 0 Å². The normalized spacial score (nSPS) is 16.5. The number of rotatable bonds is 2. The van der Waals surface area contributed by atoms with Gasteiger partial charge in [-0.25, -0.2) is 4.98 Å². The van der Waals surface area contributed by atoms with E-state index in [2.05, 4.69) is 15.2 Å². The second-order valence-corrected chi connectivity index (χ2v) is 4.04. The summed E-state index contributed by atoms with van der Waals surface area (Å²) in [6.45, 7) is 5.74. The van der Waals surface area contributed by atoms with E-state index >= 15 is 0 Å². The number of aromatic nitrogens is 2. The Morgan fingerprint density at radius 1 is 1.44 bits per heavy atom. The van der Waals surface area contributed by atoms with Gasteiger partial charge in [0, 0.05) is 45.0 Å². The third kappa shape index (κ3) is 2.09. The Labute approximate surface area is 95.1 Å². The van der Waals surface area contributed by atoms with E-state index in [4.69, 9.17) is 0 Å². The van der Waals surface area contributed by atoms with E-state index in [1.54, 1.807) is 17.7 Å². The van der Waals surface area contributed by atoms with Crippen LogP contribution < -0.4 is 15.8 Å². The zero-order chi connectivity index (χ0) is 11.5. The lowest BCUT2D eigenvalue weighted by Crippen LogP contribution is -2.46. The van der Waals surface area contributed by atoms with Crippen molar-refractivity contribution in [1.29, 1.82) is 0 Å². The van der Waals surface area contributed by atoms with E-state index in [1.807, 2.05) is 6.92 Å². The van der Waals surface area contributed by atoms with Gasteiger partial charge in [-0.1, -0.05) is 6.92 Å². The lowest BCUT2D eigenvalue weighted by Gasteiger charge is -2.29. The fourth-order valence-electron chi connectivity index (χ4n) is 1.90. The molecule has 0 spiro atoms. The third-order valence-corrected chi connectivity index (χ3v) is 2.93. The van der Waals surface area contributed by atoms with Gasteiger partial charge in [0.2, 0.25) is 5.95 Å². The summed E-state index contributed by atoms with van der Waals surface area (Å²) in [4.78, 5) is 18.4. The molecule has 2 heterocycles. The number of aryl methyl sites for hydroxylation is 1. The molecular weight excluding hydrogens is 204 g/mol. The van der Waals surface area contributed by atoms with Gasteiger partial charge in [0.25, 0.3) is 5.56 Å². The van der Waals surface area contributed by atoms with E-state index in [0.29, 0.717) is 0 Å². The van der Waals surface area contributed by atoms with Gasteiger partial charge in [-0.2, -0.15) is 0 Å². The maximum absolute atomic E-state index is 11.7. The number of piperazine rings is 1. The van der Waals surface area contributed by atoms with Gasteiger partial charge in [0.1, 0.15) is 0 Å². The van der Waals surface area contributed by atoms with E-state index in [0.717, 1.165) is 44.2 Å². The van der Waals surface area contributed by atoms with Crippen LogP contribution in [-0.2, 0) is 13.5 Å². The zero-order valence-electron chi connectivity index (χ0n) is 9.86. The second kappa shape index (κ2) is 4.65. The predicted octanol–water partition coefficient (Wildman–Crippen LogP) is -0.248. The zero-order valence-corrected chi connectivity index (χ0v) is 9.86. The molecule has 1 aliphatic heterocycles. The molecule has 1 aromatic heterocycles. The molecule has 1 N–H and O–H groups in total. The summed E-state index contributed by atoms with van der Waals surface area (Å²) in [7, 11) is 1.78. The fourth-order valence-corrected chi connectivity index (χ4v) is 1.90. The van der Waals surface area contributed by atoms with Crippen molar-refractivity contribution in [3.05, 3.63) is 22.1 Å². The van der Waals surface area contributed by atoms with Crippen molar-refractivity contribution in [1.82, 2.24) is 14.9 Å². The smallest absolute Gasteiger partial charge is 0.254 e. The van der Waals surface area contributed by atoms with Crippen molar-refractivity contribution in [2.24, 2.45) is 7.05 Å². The maximum Gasteiger partial charge on any atom is 0.254 e. The van der Waals surface area contributed by atoms with E-state index in [9.17, 15) is 4.79 Å². The molecular formula is C11H18N4O. The van der Waals surface area contributed by atoms with Crippen molar-refractivity contribution in [3.63, 3.8) is 0 Å². The Balaban J connectivity index is 2.37. The van der Waals surface area contributed by atoms with Crippen molar-refractivity contribution in [3.8, 4) is 0 Å². The van der Waals surface area contributed by atoms with E-state index in [1.165, 1.54) is 0 Å². The van der Waals surface area contributed by atoms with Crippen LogP contribution in [0.3, 0.4) is 0 Å². The minimum atomic E-state index is 0.0281. The first kappa shape index (κ1) is 11.1. The summed E-state index contributed by atoms with van der Waals surface area (Å²) in [5, 5.41) is 3.29. The number of nitrogens with zero attached hydrogens (tertiary/aromatic N) is 3. The third-order valence-electron chi connectivity index (χ3n) is 2.93. The van der Waals surface area contributed by atoms with Crippen LogP contribution in [-0.4, -0.2) is 35.7 Å². The molecule has 2 rings (SSSR count). The highest BCUT2D eigenvalue weighted by atomic mass is 16.1. The molecule has 1 aliphatic rings. The molecule has 1 aromatic rings. The molecule has 0 bridgehead atoms. The molecule has 0 saturated carbocycles. The first-order valence-corrected chi connectivity index (χ1v) is 5.75. The monoisotopic (exact) mass is 222 g/mol. The van der Waals surface area contributed by atoms with Gasteiger partial charge in [-0.15, -0.1) is 0 Å². The van der Waals surface area contributed by atoms with Gasteiger partial charge >= 0.3 is 0 Å². The molecule has 0 radical (unpaired) electrons. The van der Waals surface area contributed by atoms with Crippen LogP contribution in [0.4, 0.5) is 5.95 Å². The van der Waals surface area contributed by atoms with Crippen molar-refractivity contribution in [2.45, 2.75) is 13.3 Å². The number of hydrogen-bond donors (Lipinski definition) is 1. The lowest BCUT2D eigenvalue weighted by atomic mass is 10.3. The van der Waals surface area contributed by atoms with Gasteiger partial charge in [0.05, 0.1) is 0 Å². The quantitative estimate of drug-likeness (QED) is 0.750. The average Bonchev–Trinajstić information content (AvgIpc) is 2.33. The first-order chi connectivity index (χ1) is 7.72. The first-order valence-electron chi connectivity index (χ1n) is 5.75. The number of nitrogens with one attached hydrogen (secondary N) is 1. The fraction of sp³-hybridized carbons (Fsp3) is 0.636. The van der Waals surface area contributed by atoms with Crippen LogP contribution in [0.1, 0.15) is 12.6 Å². The summed E-state index contributed by atoms with van der Waals surface area (Å²) >= 11 is 0. The highest BCUT2D eigenvalue weighted by molar-refractivity contribution is 5.32. The van der Waals surface area contributed by atoms with Crippen LogP contribution >= 0.6 is 0 Å². The number of anilines is 1. The molecule has 0 amide bonds. The summed E-state index contributed by atoms with van der Waals surface area (Å²) in [5.41, 5.74) is 0.900. The molecule has 0 aromatic carbocycles. The highest BCUT2D eigenvalue weighted by Gasteiger charge is 2.15. The second-order valence-electron chi connectivity index (χ2n) is 4.04. The highest BCUT2D eigenvalue weighted by Crippen LogP contribution is 2.09. The number of hydrogen-bond acceptors (Lipinski definition) is 4. The molecule has 1 fully saturated rings. The Morgan fingerprint density at radius 2 is 2.12 bits per heavy atom. The molecule has 0 unspecified atom stereocenters. The Bertz CT molecular complexity index is 420. The molecule has 16 heavy (non-hydrogen) atoms. The summed E-state index contributed by atoms with van der Waals surface area (Å²) in [6.07, 6.45) is 0.801. The standard InChI is InChI=1S/C11H18N4O/c1-3-9-8-10(16)14(2)11(13-9)15-6-4-12-5-7-15/h8,12H,3-7H2,1-2H3. The van der Waals surface area contributed by atoms with Gasteiger partial charge in [-0.3, -0.25) is 9.36 Å². The summed E-state index contributed by atoms with van der Waals surface area (Å²) < 4.78 is 1.63. The average molecular weight is 222 g/mol.